The summed E-state index contributed by atoms with van der Waals surface area (Å²) in [5.74, 6) is 0.665. The summed E-state index contributed by atoms with van der Waals surface area (Å²) in [5, 5.41) is 2.05. The van der Waals surface area contributed by atoms with Gasteiger partial charge in [-0.2, -0.15) is 0 Å². The average Bonchev–Trinajstić information content (AvgIpc) is 2.84. The van der Waals surface area contributed by atoms with Crippen molar-refractivity contribution >= 4 is 22.1 Å². The van der Waals surface area contributed by atoms with E-state index in [2.05, 4.69) is 9.97 Å². The van der Waals surface area contributed by atoms with Crippen LogP contribution in [-0.4, -0.2) is 14.4 Å². The van der Waals surface area contributed by atoms with Crippen molar-refractivity contribution < 1.29 is 0 Å². The second-order valence-corrected chi connectivity index (χ2v) is 3.99. The topological polar surface area (TPSA) is 56.2 Å². The molecule has 3 heterocycles. The highest BCUT2D eigenvalue weighted by atomic mass is 32.1. The Kier molecular flexibility index (Phi) is 1.72. The van der Waals surface area contributed by atoms with Gasteiger partial charge in [-0.15, -0.1) is 11.3 Å². The lowest BCUT2D eigenvalue weighted by Crippen LogP contribution is -1.92. The molecule has 3 aromatic rings. The van der Waals surface area contributed by atoms with E-state index in [1.165, 1.54) is 0 Å². The van der Waals surface area contributed by atoms with Crippen LogP contribution in [0.15, 0.2) is 36.1 Å². The third-order valence-electron chi connectivity index (χ3n) is 2.25. The predicted molar refractivity (Wildman–Crippen MR) is 60.7 cm³/mol. The highest BCUT2D eigenvalue weighted by Gasteiger charge is 2.08. The smallest absolute Gasteiger partial charge is 0.195 e. The highest BCUT2D eigenvalue weighted by Crippen LogP contribution is 2.27. The van der Waals surface area contributed by atoms with E-state index < -0.39 is 0 Å². The number of hydrogen-bond donors (Lipinski definition) is 1. The van der Waals surface area contributed by atoms with Crippen molar-refractivity contribution in [2.75, 3.05) is 5.73 Å². The van der Waals surface area contributed by atoms with E-state index in [0.717, 1.165) is 16.2 Å². The molecule has 4 nitrogen and oxygen atoms in total. The molecule has 0 bridgehead atoms. The SMILES string of the molecule is Nc1cnc2scc(-c3ccncc3)n12. The Morgan fingerprint density at radius 2 is 2.07 bits per heavy atom. The standard InChI is InChI=1S/C10H8N4S/c11-9-5-13-10-14(9)8(6-15-10)7-1-3-12-4-2-7/h1-6H,11H2. The predicted octanol–water partition coefficient (Wildman–Crippen LogP) is 2.04. The molecule has 0 amide bonds. The Bertz CT molecular complexity index is 596. The van der Waals surface area contributed by atoms with Crippen LogP contribution < -0.4 is 5.73 Å². The largest absolute Gasteiger partial charge is 0.383 e. The van der Waals surface area contributed by atoms with Crippen LogP contribution in [0.1, 0.15) is 0 Å². The molecule has 0 aliphatic heterocycles. The number of aromatic nitrogens is 3. The number of rotatable bonds is 1. The first-order valence-corrected chi connectivity index (χ1v) is 5.35. The van der Waals surface area contributed by atoms with Crippen molar-refractivity contribution in [3.05, 3.63) is 36.1 Å². The quantitative estimate of drug-likeness (QED) is 0.677. The summed E-state index contributed by atoms with van der Waals surface area (Å²) >= 11 is 1.58. The Labute approximate surface area is 90.0 Å². The minimum Gasteiger partial charge on any atom is -0.383 e. The van der Waals surface area contributed by atoms with Gasteiger partial charge in [-0.3, -0.25) is 9.38 Å². The number of nitrogens with two attached hydrogens (primary N) is 1. The maximum atomic E-state index is 5.85. The lowest BCUT2D eigenvalue weighted by molar-refractivity contribution is 1.23. The molecule has 0 spiro atoms. The fourth-order valence-corrected chi connectivity index (χ4v) is 2.43. The van der Waals surface area contributed by atoms with Gasteiger partial charge in [0.2, 0.25) is 0 Å². The number of fused-ring (bicyclic) bond motifs is 1. The van der Waals surface area contributed by atoms with E-state index in [4.69, 9.17) is 5.73 Å². The molecule has 3 aromatic heterocycles. The molecule has 0 radical (unpaired) electrons. The zero-order valence-corrected chi connectivity index (χ0v) is 8.61. The summed E-state index contributed by atoms with van der Waals surface area (Å²) in [6.07, 6.45) is 5.22. The van der Waals surface area contributed by atoms with E-state index in [0.29, 0.717) is 5.82 Å². The monoisotopic (exact) mass is 216 g/mol. The number of thiazole rings is 1. The third kappa shape index (κ3) is 1.20. The van der Waals surface area contributed by atoms with Crippen LogP contribution in [0.25, 0.3) is 16.2 Å². The molecule has 0 saturated carbocycles. The fourth-order valence-electron chi connectivity index (χ4n) is 1.55. The van der Waals surface area contributed by atoms with Gasteiger partial charge in [-0.05, 0) is 12.1 Å². The van der Waals surface area contributed by atoms with Crippen LogP contribution >= 0.6 is 11.3 Å². The summed E-state index contributed by atoms with van der Waals surface area (Å²) in [5.41, 5.74) is 8.01. The zero-order valence-electron chi connectivity index (χ0n) is 7.79. The maximum absolute atomic E-state index is 5.85. The normalized spacial score (nSPS) is 10.9. The van der Waals surface area contributed by atoms with Gasteiger partial charge in [-0.1, -0.05) is 0 Å². The van der Waals surface area contributed by atoms with Crippen molar-refractivity contribution in [2.45, 2.75) is 0 Å². The first-order valence-electron chi connectivity index (χ1n) is 4.47. The summed E-state index contributed by atoms with van der Waals surface area (Å²) in [4.78, 5) is 9.11. The van der Waals surface area contributed by atoms with Crippen LogP contribution in [-0.2, 0) is 0 Å². The molecule has 5 heteroatoms. The molecule has 0 saturated heterocycles. The Balaban J connectivity index is 2.31. The van der Waals surface area contributed by atoms with Crippen LogP contribution in [0.4, 0.5) is 5.82 Å². The molecule has 74 valence electrons. The summed E-state index contributed by atoms with van der Waals surface area (Å²) < 4.78 is 1.94. The third-order valence-corrected chi connectivity index (χ3v) is 3.09. The molecular weight excluding hydrogens is 208 g/mol. The molecule has 0 aliphatic rings. The van der Waals surface area contributed by atoms with Crippen LogP contribution in [0, 0.1) is 0 Å². The molecular formula is C10H8N4S. The van der Waals surface area contributed by atoms with Crippen LogP contribution in [0.2, 0.25) is 0 Å². The van der Waals surface area contributed by atoms with E-state index in [9.17, 15) is 0 Å². The minimum atomic E-state index is 0.665. The number of anilines is 1. The number of nitrogens with zero attached hydrogens (tertiary/aromatic N) is 3. The molecule has 0 unspecified atom stereocenters. The van der Waals surface area contributed by atoms with Crippen LogP contribution in [0.5, 0.6) is 0 Å². The van der Waals surface area contributed by atoms with Gasteiger partial charge >= 0.3 is 0 Å². The fraction of sp³-hybridized carbons (Fsp3) is 0. The van der Waals surface area contributed by atoms with Gasteiger partial charge in [0.1, 0.15) is 5.82 Å². The first-order chi connectivity index (χ1) is 7.36. The van der Waals surface area contributed by atoms with Crippen molar-refractivity contribution in [1.82, 2.24) is 14.4 Å². The number of pyridine rings is 1. The Hall–Kier alpha value is -1.88. The lowest BCUT2D eigenvalue weighted by Gasteiger charge is -1.99. The summed E-state index contributed by atoms with van der Waals surface area (Å²) in [6, 6.07) is 3.92. The maximum Gasteiger partial charge on any atom is 0.195 e. The number of imidazole rings is 1. The van der Waals surface area contributed by atoms with Crippen molar-refractivity contribution in [3.8, 4) is 11.3 Å². The van der Waals surface area contributed by atoms with Gasteiger partial charge in [0.25, 0.3) is 0 Å². The molecule has 15 heavy (non-hydrogen) atoms. The minimum absolute atomic E-state index is 0.665. The van der Waals surface area contributed by atoms with E-state index in [1.54, 1.807) is 29.9 Å². The van der Waals surface area contributed by atoms with Gasteiger partial charge < -0.3 is 5.73 Å². The number of nitrogen functional groups attached to an aromatic ring is 1. The van der Waals surface area contributed by atoms with Gasteiger partial charge in [0.05, 0.1) is 11.9 Å². The van der Waals surface area contributed by atoms with Gasteiger partial charge in [0, 0.05) is 23.3 Å². The lowest BCUT2D eigenvalue weighted by atomic mass is 10.2. The van der Waals surface area contributed by atoms with Crippen molar-refractivity contribution in [3.63, 3.8) is 0 Å². The van der Waals surface area contributed by atoms with Crippen molar-refractivity contribution in [1.29, 1.82) is 0 Å². The second kappa shape index (κ2) is 3.06. The zero-order chi connectivity index (χ0) is 10.3. The highest BCUT2D eigenvalue weighted by molar-refractivity contribution is 7.15. The van der Waals surface area contributed by atoms with Crippen LogP contribution in [0.3, 0.4) is 0 Å². The molecule has 0 aromatic carbocycles. The van der Waals surface area contributed by atoms with E-state index in [-0.39, 0.29) is 0 Å². The first kappa shape index (κ1) is 8.43. The molecule has 0 aliphatic carbocycles. The van der Waals surface area contributed by atoms with E-state index >= 15 is 0 Å². The average molecular weight is 216 g/mol. The van der Waals surface area contributed by atoms with Gasteiger partial charge in [0.15, 0.2) is 4.96 Å². The molecule has 0 fully saturated rings. The second-order valence-electron chi connectivity index (χ2n) is 3.16. The molecule has 0 atom stereocenters. The van der Waals surface area contributed by atoms with Crippen molar-refractivity contribution in [2.24, 2.45) is 0 Å². The van der Waals surface area contributed by atoms with Gasteiger partial charge in [-0.25, -0.2) is 4.98 Å². The summed E-state index contributed by atoms with van der Waals surface area (Å²) in [7, 11) is 0. The number of hydrogen-bond acceptors (Lipinski definition) is 4. The Morgan fingerprint density at radius 3 is 2.87 bits per heavy atom. The Morgan fingerprint density at radius 1 is 1.27 bits per heavy atom. The summed E-state index contributed by atoms with van der Waals surface area (Å²) in [6.45, 7) is 0. The molecule has 3 rings (SSSR count). The van der Waals surface area contributed by atoms with E-state index in [1.807, 2.05) is 21.9 Å². The molecule has 2 N–H and O–H groups in total.